The van der Waals surface area contributed by atoms with Gasteiger partial charge in [-0.3, -0.25) is 0 Å². The van der Waals surface area contributed by atoms with Gasteiger partial charge in [0, 0.05) is 18.2 Å². The minimum absolute atomic E-state index is 0.191. The number of nitrogens with one attached hydrogen (secondary N) is 2. The Hall–Kier alpha value is -2.43. The van der Waals surface area contributed by atoms with Crippen molar-refractivity contribution in [2.45, 2.75) is 18.4 Å². The summed E-state index contributed by atoms with van der Waals surface area (Å²) in [6, 6.07) is 9.06. The molecule has 4 nitrogen and oxygen atoms in total. The van der Waals surface area contributed by atoms with Crippen LogP contribution in [0, 0.1) is 5.82 Å². The summed E-state index contributed by atoms with van der Waals surface area (Å²) in [5, 5.41) is 4.44. The summed E-state index contributed by atoms with van der Waals surface area (Å²) in [7, 11) is 0. The maximum atomic E-state index is 12.9. The molecule has 0 bridgehead atoms. The third kappa shape index (κ3) is 1.91. The zero-order valence-corrected chi connectivity index (χ0v) is 10.7. The van der Waals surface area contributed by atoms with Gasteiger partial charge in [0.1, 0.15) is 23.6 Å². The molecule has 1 aliphatic carbocycles. The van der Waals surface area contributed by atoms with E-state index in [1.54, 1.807) is 6.33 Å². The third-order valence-electron chi connectivity index (χ3n) is 3.76. The highest BCUT2D eigenvalue weighted by Crippen LogP contribution is 2.43. The summed E-state index contributed by atoms with van der Waals surface area (Å²) in [4.78, 5) is 11.5. The van der Waals surface area contributed by atoms with Gasteiger partial charge in [-0.15, -0.1) is 0 Å². The minimum atomic E-state index is -0.191. The molecule has 1 fully saturated rings. The van der Waals surface area contributed by atoms with Crippen LogP contribution in [0.25, 0.3) is 11.0 Å². The summed E-state index contributed by atoms with van der Waals surface area (Å²) in [5.74, 6) is 1.09. The van der Waals surface area contributed by atoms with Crippen molar-refractivity contribution in [2.75, 3.05) is 5.32 Å². The van der Waals surface area contributed by atoms with E-state index in [-0.39, 0.29) is 5.82 Å². The van der Waals surface area contributed by atoms with Gasteiger partial charge in [0.25, 0.3) is 0 Å². The number of nitrogens with zero attached hydrogens (tertiary/aromatic N) is 2. The molecule has 0 amide bonds. The standard InChI is InChI=1S/C15H13FN4/c16-10-3-1-9(2-4-10)12-7-13(12)20-15-11-5-6-17-14(11)18-8-19-15/h1-6,8,12-13H,7H2,(H2,17,18,19,20)/t12-,13+/m0/s1. The van der Waals surface area contributed by atoms with Gasteiger partial charge in [0.05, 0.1) is 5.39 Å². The highest BCUT2D eigenvalue weighted by molar-refractivity contribution is 5.86. The van der Waals surface area contributed by atoms with Gasteiger partial charge >= 0.3 is 0 Å². The highest BCUT2D eigenvalue weighted by atomic mass is 19.1. The van der Waals surface area contributed by atoms with Crippen LogP contribution < -0.4 is 5.32 Å². The van der Waals surface area contributed by atoms with Crippen LogP contribution in [0.5, 0.6) is 0 Å². The smallest absolute Gasteiger partial charge is 0.142 e. The van der Waals surface area contributed by atoms with Crippen LogP contribution in [0.2, 0.25) is 0 Å². The van der Waals surface area contributed by atoms with Crippen LogP contribution in [0.15, 0.2) is 42.9 Å². The summed E-state index contributed by atoms with van der Waals surface area (Å²) in [6.45, 7) is 0. The number of halogens is 1. The van der Waals surface area contributed by atoms with Gasteiger partial charge in [-0.2, -0.15) is 0 Å². The van der Waals surface area contributed by atoms with Crippen molar-refractivity contribution in [3.8, 4) is 0 Å². The van der Waals surface area contributed by atoms with E-state index >= 15 is 0 Å². The Morgan fingerprint density at radius 2 is 2.00 bits per heavy atom. The van der Waals surface area contributed by atoms with Crippen LogP contribution in [0.4, 0.5) is 10.2 Å². The first kappa shape index (κ1) is 11.4. The van der Waals surface area contributed by atoms with Crippen molar-refractivity contribution in [1.29, 1.82) is 0 Å². The Balaban J connectivity index is 1.54. The molecule has 0 saturated heterocycles. The predicted molar refractivity (Wildman–Crippen MR) is 75.1 cm³/mol. The van der Waals surface area contributed by atoms with E-state index in [1.807, 2.05) is 24.4 Å². The number of benzene rings is 1. The Morgan fingerprint density at radius 1 is 1.15 bits per heavy atom. The van der Waals surface area contributed by atoms with Crippen LogP contribution >= 0.6 is 0 Å². The first-order valence-corrected chi connectivity index (χ1v) is 6.61. The minimum Gasteiger partial charge on any atom is -0.366 e. The molecule has 1 aliphatic rings. The zero-order valence-electron chi connectivity index (χ0n) is 10.7. The Labute approximate surface area is 115 Å². The highest BCUT2D eigenvalue weighted by Gasteiger charge is 2.38. The van der Waals surface area contributed by atoms with Crippen molar-refractivity contribution in [3.63, 3.8) is 0 Å². The molecule has 2 N–H and O–H groups in total. The maximum absolute atomic E-state index is 12.9. The molecule has 0 radical (unpaired) electrons. The molecule has 3 aromatic rings. The number of aromatic nitrogens is 3. The molecular formula is C15H13FN4. The van der Waals surface area contributed by atoms with Gasteiger partial charge < -0.3 is 10.3 Å². The van der Waals surface area contributed by atoms with E-state index in [1.165, 1.54) is 17.7 Å². The van der Waals surface area contributed by atoms with Gasteiger partial charge in [0.2, 0.25) is 0 Å². The fraction of sp³-hybridized carbons (Fsp3) is 0.200. The number of H-pyrrole nitrogens is 1. The fourth-order valence-electron chi connectivity index (χ4n) is 2.60. The average molecular weight is 268 g/mol. The van der Waals surface area contributed by atoms with Crippen molar-refractivity contribution in [1.82, 2.24) is 15.0 Å². The van der Waals surface area contributed by atoms with E-state index in [0.29, 0.717) is 12.0 Å². The molecule has 0 spiro atoms. The number of hydrogen-bond acceptors (Lipinski definition) is 3. The Morgan fingerprint density at radius 3 is 2.85 bits per heavy atom. The molecule has 2 atom stereocenters. The lowest BCUT2D eigenvalue weighted by Gasteiger charge is -2.06. The predicted octanol–water partition coefficient (Wildman–Crippen LogP) is 3.07. The first-order chi connectivity index (χ1) is 9.81. The molecule has 5 heteroatoms. The van der Waals surface area contributed by atoms with Crippen LogP contribution in [0.1, 0.15) is 17.9 Å². The summed E-state index contributed by atoms with van der Waals surface area (Å²) in [5.41, 5.74) is 2.00. The molecular weight excluding hydrogens is 255 g/mol. The lowest BCUT2D eigenvalue weighted by molar-refractivity contribution is 0.627. The lowest BCUT2D eigenvalue weighted by atomic mass is 10.1. The zero-order chi connectivity index (χ0) is 13.5. The summed E-state index contributed by atoms with van der Waals surface area (Å²) < 4.78 is 12.9. The average Bonchev–Trinajstić information content (AvgIpc) is 3.04. The monoisotopic (exact) mass is 268 g/mol. The molecule has 0 aliphatic heterocycles. The largest absolute Gasteiger partial charge is 0.366 e. The van der Waals surface area contributed by atoms with Crippen LogP contribution in [-0.2, 0) is 0 Å². The van der Waals surface area contributed by atoms with Gasteiger partial charge in [-0.05, 0) is 30.2 Å². The second-order valence-electron chi connectivity index (χ2n) is 5.11. The van der Waals surface area contributed by atoms with E-state index in [9.17, 15) is 4.39 Å². The first-order valence-electron chi connectivity index (χ1n) is 6.61. The molecule has 0 unspecified atom stereocenters. The van der Waals surface area contributed by atoms with Crippen molar-refractivity contribution in [3.05, 3.63) is 54.2 Å². The van der Waals surface area contributed by atoms with Gasteiger partial charge in [-0.1, -0.05) is 12.1 Å². The van der Waals surface area contributed by atoms with Crippen LogP contribution in [0.3, 0.4) is 0 Å². The van der Waals surface area contributed by atoms with Crippen molar-refractivity contribution < 1.29 is 4.39 Å². The molecule has 4 rings (SSSR count). The molecule has 20 heavy (non-hydrogen) atoms. The summed E-state index contributed by atoms with van der Waals surface area (Å²) >= 11 is 0. The number of fused-ring (bicyclic) bond motifs is 1. The molecule has 1 aromatic carbocycles. The normalized spacial score (nSPS) is 21.1. The fourth-order valence-corrected chi connectivity index (χ4v) is 2.60. The molecule has 1 saturated carbocycles. The molecule has 100 valence electrons. The van der Waals surface area contributed by atoms with Gasteiger partial charge in [-0.25, -0.2) is 14.4 Å². The number of hydrogen-bond donors (Lipinski definition) is 2. The van der Waals surface area contributed by atoms with E-state index < -0.39 is 0 Å². The van der Waals surface area contributed by atoms with Crippen molar-refractivity contribution in [2.24, 2.45) is 0 Å². The number of anilines is 1. The van der Waals surface area contributed by atoms with E-state index in [2.05, 4.69) is 20.3 Å². The van der Waals surface area contributed by atoms with E-state index in [4.69, 9.17) is 0 Å². The second-order valence-corrected chi connectivity index (χ2v) is 5.11. The molecule has 2 aromatic heterocycles. The molecule has 2 heterocycles. The summed E-state index contributed by atoms with van der Waals surface area (Å²) in [6.07, 6.45) is 4.45. The number of rotatable bonds is 3. The SMILES string of the molecule is Fc1ccc([C@@H]2C[C@H]2Nc2ncnc3[nH]ccc23)cc1. The van der Waals surface area contributed by atoms with E-state index in [0.717, 1.165) is 23.3 Å². The maximum Gasteiger partial charge on any atom is 0.142 e. The van der Waals surface area contributed by atoms with Crippen molar-refractivity contribution >= 4 is 16.9 Å². The topological polar surface area (TPSA) is 53.6 Å². The van der Waals surface area contributed by atoms with Crippen LogP contribution in [-0.4, -0.2) is 21.0 Å². The quantitative estimate of drug-likeness (QED) is 0.767. The van der Waals surface area contributed by atoms with Gasteiger partial charge in [0.15, 0.2) is 0 Å². The Bertz CT molecular complexity index is 750. The lowest BCUT2D eigenvalue weighted by Crippen LogP contribution is -2.06. The second kappa shape index (κ2) is 4.30. The number of aromatic amines is 1. The Kier molecular flexibility index (Phi) is 2.45. The third-order valence-corrected chi connectivity index (χ3v) is 3.76.